The van der Waals surface area contributed by atoms with Gasteiger partial charge >= 0.3 is 0 Å². The van der Waals surface area contributed by atoms with Gasteiger partial charge in [0.05, 0.1) is 6.26 Å². The minimum atomic E-state index is 0.566. The Morgan fingerprint density at radius 2 is 2.43 bits per heavy atom. The monoisotopic (exact) mass is 193 g/mol. The Morgan fingerprint density at radius 3 is 3.14 bits per heavy atom. The predicted molar refractivity (Wildman–Crippen MR) is 48.8 cm³/mol. The van der Waals surface area contributed by atoms with Gasteiger partial charge in [-0.05, 0) is 24.2 Å². The summed E-state index contributed by atoms with van der Waals surface area (Å²) >= 11 is 0. The number of nitrogens with zero attached hydrogens (tertiary/aromatic N) is 4. The largest absolute Gasteiger partial charge is 0.445 e. The van der Waals surface area contributed by atoms with Crippen LogP contribution in [-0.2, 0) is 6.42 Å². The first-order chi connectivity index (χ1) is 6.90. The second kappa shape index (κ2) is 4.01. The molecule has 14 heavy (non-hydrogen) atoms. The number of hydrogen-bond donors (Lipinski definition) is 1. The van der Waals surface area contributed by atoms with Crippen molar-refractivity contribution in [3.8, 4) is 5.88 Å². The first kappa shape index (κ1) is 8.89. The summed E-state index contributed by atoms with van der Waals surface area (Å²) in [5.74, 6) is 1.25. The number of aromatic nitrogens is 4. The van der Waals surface area contributed by atoms with Crippen LogP contribution in [0.5, 0.6) is 0 Å². The van der Waals surface area contributed by atoms with Gasteiger partial charge in [-0.2, -0.15) is 0 Å². The van der Waals surface area contributed by atoms with E-state index < -0.39 is 0 Å². The van der Waals surface area contributed by atoms with Crippen molar-refractivity contribution in [2.24, 2.45) is 5.73 Å². The lowest BCUT2D eigenvalue weighted by Crippen LogP contribution is -2.02. The van der Waals surface area contributed by atoms with Crippen molar-refractivity contribution in [3.05, 3.63) is 24.2 Å². The molecule has 0 unspecified atom stereocenters. The smallest absolute Gasteiger partial charge is 0.239 e. The van der Waals surface area contributed by atoms with Gasteiger partial charge in [0.2, 0.25) is 5.88 Å². The van der Waals surface area contributed by atoms with E-state index in [4.69, 9.17) is 10.2 Å². The second-order valence-electron chi connectivity index (χ2n) is 2.84. The normalized spacial score (nSPS) is 10.6. The first-order valence-electron chi connectivity index (χ1n) is 4.43. The maximum atomic E-state index is 5.38. The Labute approximate surface area is 80.7 Å². The zero-order valence-corrected chi connectivity index (χ0v) is 7.63. The molecule has 0 amide bonds. The molecule has 0 aromatic carbocycles. The van der Waals surface area contributed by atoms with Crippen molar-refractivity contribution in [2.45, 2.75) is 12.8 Å². The Bertz CT molecular complexity index is 380. The third-order valence-electron chi connectivity index (χ3n) is 1.76. The summed E-state index contributed by atoms with van der Waals surface area (Å²) in [6.45, 7) is 0.634. The SMILES string of the molecule is NCCCc1nnn(-c2ccco2)n1. The van der Waals surface area contributed by atoms with Crippen LogP contribution in [0.1, 0.15) is 12.2 Å². The average molecular weight is 193 g/mol. The Hall–Kier alpha value is -1.69. The molecule has 2 aromatic rings. The van der Waals surface area contributed by atoms with Crippen LogP contribution in [0.25, 0.3) is 5.88 Å². The number of aryl methyl sites for hydroxylation is 1. The van der Waals surface area contributed by atoms with Crippen LogP contribution in [0.4, 0.5) is 0 Å². The van der Waals surface area contributed by atoms with Crippen molar-refractivity contribution in [2.75, 3.05) is 6.54 Å². The standard InChI is InChI=1S/C8H11N5O/c9-5-1-3-7-10-12-13(11-7)8-4-2-6-14-8/h2,4,6H,1,3,5,9H2. The van der Waals surface area contributed by atoms with Gasteiger partial charge in [0.15, 0.2) is 5.82 Å². The highest BCUT2D eigenvalue weighted by molar-refractivity contribution is 5.12. The fourth-order valence-corrected chi connectivity index (χ4v) is 1.08. The zero-order valence-electron chi connectivity index (χ0n) is 7.63. The lowest BCUT2D eigenvalue weighted by molar-refractivity contribution is 0.493. The van der Waals surface area contributed by atoms with E-state index in [0.29, 0.717) is 18.3 Å². The van der Waals surface area contributed by atoms with E-state index in [1.807, 2.05) is 0 Å². The molecule has 0 saturated carbocycles. The molecule has 6 heteroatoms. The van der Waals surface area contributed by atoms with Crippen LogP contribution >= 0.6 is 0 Å². The summed E-state index contributed by atoms with van der Waals surface area (Å²) in [6, 6.07) is 3.55. The van der Waals surface area contributed by atoms with Crippen molar-refractivity contribution < 1.29 is 4.42 Å². The molecule has 0 radical (unpaired) electrons. The molecule has 0 saturated heterocycles. The highest BCUT2D eigenvalue weighted by atomic mass is 16.3. The van der Waals surface area contributed by atoms with Crippen LogP contribution in [0.2, 0.25) is 0 Å². The van der Waals surface area contributed by atoms with Crippen LogP contribution < -0.4 is 5.73 Å². The molecule has 74 valence electrons. The second-order valence-corrected chi connectivity index (χ2v) is 2.84. The maximum Gasteiger partial charge on any atom is 0.239 e. The number of rotatable bonds is 4. The molecule has 0 fully saturated rings. The number of furan rings is 1. The minimum absolute atomic E-state index is 0.566. The first-order valence-corrected chi connectivity index (χ1v) is 4.43. The van der Waals surface area contributed by atoms with E-state index in [2.05, 4.69) is 15.4 Å². The zero-order chi connectivity index (χ0) is 9.80. The Morgan fingerprint density at radius 1 is 1.50 bits per heavy atom. The van der Waals surface area contributed by atoms with Gasteiger partial charge in [-0.3, -0.25) is 0 Å². The minimum Gasteiger partial charge on any atom is -0.445 e. The fourth-order valence-electron chi connectivity index (χ4n) is 1.08. The summed E-state index contributed by atoms with van der Waals surface area (Å²) in [4.78, 5) is 1.37. The molecule has 2 heterocycles. The molecule has 2 aromatic heterocycles. The van der Waals surface area contributed by atoms with Crippen LogP contribution in [0.3, 0.4) is 0 Å². The molecule has 0 aliphatic rings. The topological polar surface area (TPSA) is 82.8 Å². The quantitative estimate of drug-likeness (QED) is 0.747. The summed E-state index contributed by atoms with van der Waals surface area (Å²) in [7, 11) is 0. The predicted octanol–water partition coefficient (Wildman–Crippen LogP) is 0.147. The highest BCUT2D eigenvalue weighted by Gasteiger charge is 2.05. The average Bonchev–Trinajstić information content (AvgIpc) is 2.85. The van der Waals surface area contributed by atoms with Gasteiger partial charge in [-0.25, -0.2) is 0 Å². The molecular weight excluding hydrogens is 182 g/mol. The van der Waals surface area contributed by atoms with Gasteiger partial charge in [-0.15, -0.1) is 10.2 Å². The number of tetrazole rings is 1. The van der Waals surface area contributed by atoms with E-state index in [9.17, 15) is 0 Å². The molecule has 2 N–H and O–H groups in total. The molecule has 2 rings (SSSR count). The number of hydrogen-bond acceptors (Lipinski definition) is 5. The van der Waals surface area contributed by atoms with Crippen LogP contribution in [-0.4, -0.2) is 26.8 Å². The molecule has 6 nitrogen and oxygen atoms in total. The Kier molecular flexibility index (Phi) is 2.55. The van der Waals surface area contributed by atoms with Crippen molar-refractivity contribution in [1.82, 2.24) is 20.2 Å². The van der Waals surface area contributed by atoms with Crippen LogP contribution in [0, 0.1) is 0 Å². The van der Waals surface area contributed by atoms with Crippen molar-refractivity contribution in [1.29, 1.82) is 0 Å². The highest BCUT2D eigenvalue weighted by Crippen LogP contribution is 2.04. The van der Waals surface area contributed by atoms with E-state index in [-0.39, 0.29) is 0 Å². The molecule has 0 spiro atoms. The van der Waals surface area contributed by atoms with Crippen molar-refractivity contribution >= 4 is 0 Å². The van der Waals surface area contributed by atoms with Gasteiger partial charge in [0.25, 0.3) is 0 Å². The molecular formula is C8H11N5O. The van der Waals surface area contributed by atoms with Crippen molar-refractivity contribution in [3.63, 3.8) is 0 Å². The van der Waals surface area contributed by atoms with Gasteiger partial charge in [0, 0.05) is 12.5 Å². The fraction of sp³-hybridized carbons (Fsp3) is 0.375. The van der Waals surface area contributed by atoms with E-state index in [1.54, 1.807) is 18.4 Å². The van der Waals surface area contributed by atoms with E-state index in [0.717, 1.165) is 12.8 Å². The summed E-state index contributed by atoms with van der Waals surface area (Å²) in [5, 5.41) is 11.9. The number of nitrogens with two attached hydrogens (primary N) is 1. The van der Waals surface area contributed by atoms with Gasteiger partial charge < -0.3 is 10.2 Å². The summed E-state index contributed by atoms with van der Waals surface area (Å²) < 4.78 is 5.11. The molecule has 0 aliphatic carbocycles. The lowest BCUT2D eigenvalue weighted by Gasteiger charge is -1.90. The van der Waals surface area contributed by atoms with E-state index in [1.165, 1.54) is 4.80 Å². The molecule has 0 bridgehead atoms. The molecule has 0 aliphatic heterocycles. The third-order valence-corrected chi connectivity index (χ3v) is 1.76. The maximum absolute atomic E-state index is 5.38. The Balaban J connectivity index is 2.10. The molecule has 0 atom stereocenters. The summed E-state index contributed by atoms with van der Waals surface area (Å²) in [5.41, 5.74) is 5.38. The van der Waals surface area contributed by atoms with E-state index >= 15 is 0 Å². The van der Waals surface area contributed by atoms with Gasteiger partial charge in [-0.1, -0.05) is 4.80 Å². The third kappa shape index (κ3) is 1.80. The summed E-state index contributed by atoms with van der Waals surface area (Å²) in [6.07, 6.45) is 3.18. The lowest BCUT2D eigenvalue weighted by atomic mass is 10.3. The van der Waals surface area contributed by atoms with Crippen LogP contribution in [0.15, 0.2) is 22.8 Å². The van der Waals surface area contributed by atoms with Gasteiger partial charge in [0.1, 0.15) is 0 Å².